The fraction of sp³-hybridized carbons (Fsp3) is 1.00. The maximum atomic E-state index is 10.2. The minimum Gasteiger partial charge on any atom is -0.393 e. The summed E-state index contributed by atoms with van der Waals surface area (Å²) in [6.45, 7) is 8.82. The largest absolute Gasteiger partial charge is 0.393 e. The highest BCUT2D eigenvalue weighted by molar-refractivity contribution is 4.94. The molecule has 0 aromatic heterocycles. The smallest absolute Gasteiger partial charge is 0.160 e. The molecule has 3 nitrogen and oxygen atoms in total. The van der Waals surface area contributed by atoms with E-state index < -0.39 is 12.4 Å². The summed E-state index contributed by atoms with van der Waals surface area (Å²) in [6.07, 6.45) is 2.41. The monoisotopic (exact) mass is 242 g/mol. The van der Waals surface area contributed by atoms with Gasteiger partial charge in [-0.3, -0.25) is 0 Å². The van der Waals surface area contributed by atoms with Crippen LogP contribution in [0.2, 0.25) is 0 Å². The number of hydrogen-bond acceptors (Lipinski definition) is 3. The Hall–Kier alpha value is -0.120. The molecule has 2 heterocycles. The van der Waals surface area contributed by atoms with Crippen LogP contribution in [0.4, 0.5) is 0 Å². The molecule has 0 radical (unpaired) electrons. The molecule has 0 amide bonds. The second-order valence-electron chi connectivity index (χ2n) is 7.35. The van der Waals surface area contributed by atoms with Gasteiger partial charge in [-0.15, -0.1) is 0 Å². The molecule has 3 fully saturated rings. The fourth-order valence-electron chi connectivity index (χ4n) is 3.30. The van der Waals surface area contributed by atoms with E-state index in [1.165, 1.54) is 0 Å². The first-order valence-corrected chi connectivity index (χ1v) is 6.73. The van der Waals surface area contributed by atoms with Crippen molar-refractivity contribution in [2.24, 2.45) is 16.7 Å². The van der Waals surface area contributed by atoms with Gasteiger partial charge in [-0.2, -0.15) is 0 Å². The summed E-state index contributed by atoms with van der Waals surface area (Å²) in [4.78, 5) is 0. The van der Waals surface area contributed by atoms with Gasteiger partial charge in [0.2, 0.25) is 0 Å². The van der Waals surface area contributed by atoms with Crippen LogP contribution < -0.4 is 0 Å². The second kappa shape index (κ2) is 4.22. The summed E-state index contributed by atoms with van der Waals surface area (Å²) in [5.74, 6) is -0.129. The molecule has 3 heteroatoms. The van der Waals surface area contributed by atoms with Crippen molar-refractivity contribution in [2.45, 2.75) is 71.9 Å². The summed E-state index contributed by atoms with van der Waals surface area (Å²) < 4.78 is 5.79. The molecule has 1 aliphatic carbocycles. The quantitative estimate of drug-likeness (QED) is 0.685. The lowest BCUT2D eigenvalue weighted by Gasteiger charge is -2.46. The summed E-state index contributed by atoms with van der Waals surface area (Å²) in [5.41, 5.74) is 0.203. The molecule has 2 N–H and O–H groups in total. The first kappa shape index (κ1) is 13.3. The van der Waals surface area contributed by atoms with Gasteiger partial charge in [0.15, 0.2) is 6.29 Å². The molecule has 17 heavy (non-hydrogen) atoms. The third-order valence-corrected chi connectivity index (χ3v) is 4.65. The lowest BCUT2D eigenvalue weighted by molar-refractivity contribution is -0.250. The van der Waals surface area contributed by atoms with E-state index in [0.29, 0.717) is 0 Å². The molecule has 0 aromatic rings. The molecule has 1 saturated carbocycles. The summed E-state index contributed by atoms with van der Waals surface area (Å²) in [6, 6.07) is 0. The lowest BCUT2D eigenvalue weighted by Crippen LogP contribution is -2.49. The Morgan fingerprint density at radius 3 is 2.35 bits per heavy atom. The predicted octanol–water partition coefficient (Wildman–Crippen LogP) is 2.31. The van der Waals surface area contributed by atoms with Gasteiger partial charge in [0.25, 0.3) is 0 Å². The molecule has 0 spiro atoms. The predicted molar refractivity (Wildman–Crippen MR) is 66.4 cm³/mol. The van der Waals surface area contributed by atoms with Gasteiger partial charge in [-0.1, -0.05) is 27.7 Å². The molecule has 0 aromatic carbocycles. The van der Waals surface area contributed by atoms with Gasteiger partial charge >= 0.3 is 0 Å². The standard InChI is InChI=1S/C14H26O3/c1-13(2)6-5-10(15)9-7-14(3,4)11(8-13)17-12(9)16/h9-12,15-16H,5-8H2,1-4H3. The number of fused-ring (bicyclic) bond motifs is 6. The van der Waals surface area contributed by atoms with Gasteiger partial charge in [-0.05, 0) is 36.5 Å². The molecule has 4 unspecified atom stereocenters. The first-order valence-electron chi connectivity index (χ1n) is 6.73. The summed E-state index contributed by atoms with van der Waals surface area (Å²) in [7, 11) is 0. The van der Waals surface area contributed by atoms with Gasteiger partial charge in [-0.25, -0.2) is 0 Å². The van der Waals surface area contributed by atoms with Crippen LogP contribution in [0.25, 0.3) is 0 Å². The van der Waals surface area contributed by atoms with Crippen molar-refractivity contribution in [3.05, 3.63) is 0 Å². The second-order valence-corrected chi connectivity index (χ2v) is 7.35. The molecule has 4 atom stereocenters. The minimum absolute atomic E-state index is 0.0342. The third kappa shape index (κ3) is 2.67. The molecule has 2 bridgehead atoms. The van der Waals surface area contributed by atoms with Crippen molar-refractivity contribution < 1.29 is 14.9 Å². The molecule has 2 aliphatic heterocycles. The van der Waals surface area contributed by atoms with Crippen LogP contribution in [0.15, 0.2) is 0 Å². The van der Waals surface area contributed by atoms with E-state index in [2.05, 4.69) is 27.7 Å². The third-order valence-electron chi connectivity index (χ3n) is 4.65. The van der Waals surface area contributed by atoms with Crippen LogP contribution in [0.1, 0.15) is 53.4 Å². The van der Waals surface area contributed by atoms with Crippen LogP contribution in [-0.4, -0.2) is 28.7 Å². The zero-order valence-corrected chi connectivity index (χ0v) is 11.4. The highest BCUT2D eigenvalue weighted by Gasteiger charge is 2.47. The molecule has 3 aliphatic rings. The van der Waals surface area contributed by atoms with E-state index in [1.54, 1.807) is 0 Å². The van der Waals surface area contributed by atoms with Crippen LogP contribution in [0.5, 0.6) is 0 Å². The first-order chi connectivity index (χ1) is 7.71. The fourth-order valence-corrected chi connectivity index (χ4v) is 3.30. The molecule has 100 valence electrons. The highest BCUT2D eigenvalue weighted by atomic mass is 16.6. The van der Waals surface area contributed by atoms with Crippen molar-refractivity contribution in [1.29, 1.82) is 0 Å². The average molecular weight is 242 g/mol. The van der Waals surface area contributed by atoms with E-state index in [0.717, 1.165) is 25.7 Å². The Labute approximate surface area is 104 Å². The topological polar surface area (TPSA) is 49.7 Å². The minimum atomic E-state index is -0.795. The van der Waals surface area contributed by atoms with Gasteiger partial charge < -0.3 is 14.9 Å². The van der Waals surface area contributed by atoms with Crippen molar-refractivity contribution in [2.75, 3.05) is 0 Å². The SMILES string of the molecule is CC1(C)CCC(O)C2CC(C)(C)C(C1)OC2O. The van der Waals surface area contributed by atoms with Gasteiger partial charge in [0, 0.05) is 5.92 Å². The van der Waals surface area contributed by atoms with Crippen LogP contribution in [0.3, 0.4) is 0 Å². The lowest BCUT2D eigenvalue weighted by atomic mass is 9.71. The van der Waals surface area contributed by atoms with Crippen molar-refractivity contribution >= 4 is 0 Å². The van der Waals surface area contributed by atoms with Gasteiger partial charge in [0.05, 0.1) is 12.2 Å². The Balaban J connectivity index is 2.30. The number of aliphatic hydroxyl groups is 2. The van der Waals surface area contributed by atoms with Crippen molar-refractivity contribution in [1.82, 2.24) is 0 Å². The Kier molecular flexibility index (Phi) is 3.30. The van der Waals surface area contributed by atoms with Crippen LogP contribution in [-0.2, 0) is 4.74 Å². The van der Waals surface area contributed by atoms with Crippen LogP contribution in [0, 0.1) is 16.7 Å². The highest BCUT2D eigenvalue weighted by Crippen LogP contribution is 2.47. The molecule has 2 saturated heterocycles. The molecule has 3 rings (SSSR count). The Morgan fingerprint density at radius 1 is 1.06 bits per heavy atom. The maximum absolute atomic E-state index is 10.2. The van der Waals surface area contributed by atoms with E-state index in [9.17, 15) is 10.2 Å². The number of rotatable bonds is 0. The molecular formula is C14H26O3. The molecular weight excluding hydrogens is 216 g/mol. The Bertz CT molecular complexity index is 285. The number of hydrogen-bond donors (Lipinski definition) is 2. The van der Waals surface area contributed by atoms with Crippen LogP contribution >= 0.6 is 0 Å². The van der Waals surface area contributed by atoms with Gasteiger partial charge in [0.1, 0.15) is 0 Å². The zero-order chi connectivity index (χ0) is 12.8. The van der Waals surface area contributed by atoms with E-state index >= 15 is 0 Å². The van der Waals surface area contributed by atoms with E-state index in [4.69, 9.17) is 4.74 Å². The average Bonchev–Trinajstić information content (AvgIpc) is 2.24. The summed E-state index contributed by atoms with van der Waals surface area (Å²) in [5, 5.41) is 20.2. The summed E-state index contributed by atoms with van der Waals surface area (Å²) >= 11 is 0. The van der Waals surface area contributed by atoms with Crippen molar-refractivity contribution in [3.63, 3.8) is 0 Å². The number of ether oxygens (including phenoxy) is 1. The number of aliphatic hydroxyl groups excluding tert-OH is 2. The van der Waals surface area contributed by atoms with E-state index in [1.807, 2.05) is 0 Å². The van der Waals surface area contributed by atoms with Crippen molar-refractivity contribution in [3.8, 4) is 0 Å². The normalized spacial score (nSPS) is 44.8. The maximum Gasteiger partial charge on any atom is 0.160 e. The zero-order valence-electron chi connectivity index (χ0n) is 11.4. The van der Waals surface area contributed by atoms with E-state index in [-0.39, 0.29) is 22.9 Å². The Morgan fingerprint density at radius 2 is 1.71 bits per heavy atom.